The Kier molecular flexibility index (Phi) is 6.59. The fraction of sp³-hybridized carbons (Fsp3) is 0.706. The first-order valence-corrected chi connectivity index (χ1v) is 8.37. The minimum Gasteiger partial charge on any atom is -0.469 e. The van der Waals surface area contributed by atoms with E-state index in [4.69, 9.17) is 9.41 Å². The molecule has 0 atom stereocenters. The van der Waals surface area contributed by atoms with Gasteiger partial charge in [-0.15, -0.1) is 24.0 Å². The average molecular weight is 417 g/mol. The van der Waals surface area contributed by atoms with E-state index in [1.54, 1.807) is 6.26 Å². The Morgan fingerprint density at radius 3 is 2.86 bits per heavy atom. The largest absolute Gasteiger partial charge is 0.469 e. The molecule has 0 aromatic carbocycles. The molecule has 1 aliphatic carbocycles. The van der Waals surface area contributed by atoms with Gasteiger partial charge in [0.15, 0.2) is 5.96 Å². The van der Waals surface area contributed by atoms with Crippen molar-refractivity contribution in [1.29, 1.82) is 0 Å². The molecule has 0 amide bonds. The Balaban J connectivity index is 0.00000176. The molecule has 0 radical (unpaired) electrons. The second-order valence-electron chi connectivity index (χ2n) is 6.49. The number of nitrogens with zero attached hydrogens (tertiary/aromatic N) is 2. The van der Waals surface area contributed by atoms with Crippen molar-refractivity contribution in [2.24, 2.45) is 10.4 Å². The lowest BCUT2D eigenvalue weighted by molar-refractivity contribution is 0.151. The molecule has 4 nitrogen and oxygen atoms in total. The molecule has 22 heavy (non-hydrogen) atoms. The highest BCUT2D eigenvalue weighted by molar-refractivity contribution is 14.0. The van der Waals surface area contributed by atoms with Crippen LogP contribution in [0, 0.1) is 5.41 Å². The molecule has 3 rings (SSSR count). The Hall–Kier alpha value is -0.720. The third-order valence-electron chi connectivity index (χ3n) is 4.87. The number of aliphatic imine (C=N–C) groups is 1. The third-order valence-corrected chi connectivity index (χ3v) is 4.87. The molecular weight excluding hydrogens is 389 g/mol. The lowest BCUT2D eigenvalue weighted by atomic mass is 9.68. The highest BCUT2D eigenvalue weighted by Gasteiger charge is 2.43. The number of halogens is 1. The van der Waals surface area contributed by atoms with Crippen molar-refractivity contribution in [2.75, 3.05) is 26.2 Å². The second-order valence-corrected chi connectivity index (χ2v) is 6.49. The molecule has 1 aromatic heterocycles. The first kappa shape index (κ1) is 17.6. The van der Waals surface area contributed by atoms with Crippen LogP contribution < -0.4 is 5.32 Å². The van der Waals surface area contributed by atoms with Gasteiger partial charge in [0.2, 0.25) is 0 Å². The number of rotatable bonds is 5. The van der Waals surface area contributed by atoms with Crippen molar-refractivity contribution in [3.8, 4) is 0 Å². The molecule has 5 heteroatoms. The zero-order chi connectivity index (χ0) is 14.5. The summed E-state index contributed by atoms with van der Waals surface area (Å²) in [4.78, 5) is 7.24. The van der Waals surface area contributed by atoms with Crippen molar-refractivity contribution >= 4 is 29.9 Å². The van der Waals surface area contributed by atoms with E-state index in [0.29, 0.717) is 5.41 Å². The van der Waals surface area contributed by atoms with Gasteiger partial charge < -0.3 is 14.6 Å². The maximum Gasteiger partial charge on any atom is 0.193 e. The van der Waals surface area contributed by atoms with Gasteiger partial charge in [-0.05, 0) is 43.2 Å². The van der Waals surface area contributed by atoms with Crippen LogP contribution in [0.5, 0.6) is 0 Å². The summed E-state index contributed by atoms with van der Waals surface area (Å²) in [6.07, 6.45) is 9.34. The summed E-state index contributed by atoms with van der Waals surface area (Å²) in [6, 6.07) is 3.98. The van der Waals surface area contributed by atoms with E-state index in [9.17, 15) is 0 Å². The van der Waals surface area contributed by atoms with Gasteiger partial charge in [0.05, 0.1) is 6.26 Å². The Morgan fingerprint density at radius 1 is 1.41 bits per heavy atom. The van der Waals surface area contributed by atoms with E-state index in [0.717, 1.165) is 44.2 Å². The Morgan fingerprint density at radius 2 is 2.27 bits per heavy atom. The monoisotopic (exact) mass is 417 g/mol. The summed E-state index contributed by atoms with van der Waals surface area (Å²) >= 11 is 0. The van der Waals surface area contributed by atoms with E-state index in [2.05, 4.69) is 17.1 Å². The average Bonchev–Trinajstić information content (AvgIpc) is 3.11. The molecular formula is C17H28IN3O. The first-order chi connectivity index (χ1) is 10.3. The molecule has 1 saturated carbocycles. The van der Waals surface area contributed by atoms with Crippen molar-refractivity contribution < 1.29 is 4.42 Å². The number of guanidine groups is 1. The fourth-order valence-corrected chi connectivity index (χ4v) is 3.44. The van der Waals surface area contributed by atoms with Crippen LogP contribution in [0.3, 0.4) is 0 Å². The molecule has 0 unspecified atom stereocenters. The van der Waals surface area contributed by atoms with Crippen LogP contribution in [-0.4, -0.2) is 37.0 Å². The van der Waals surface area contributed by atoms with Crippen LogP contribution in [0.15, 0.2) is 27.8 Å². The fourth-order valence-electron chi connectivity index (χ4n) is 3.44. The molecule has 2 fully saturated rings. The highest BCUT2D eigenvalue weighted by atomic mass is 127. The second kappa shape index (κ2) is 8.22. The zero-order valence-electron chi connectivity index (χ0n) is 13.5. The van der Waals surface area contributed by atoms with Crippen molar-refractivity contribution in [1.82, 2.24) is 10.2 Å². The summed E-state index contributed by atoms with van der Waals surface area (Å²) in [7, 11) is 0. The van der Waals surface area contributed by atoms with E-state index in [1.165, 1.54) is 32.2 Å². The Labute approximate surface area is 150 Å². The molecule has 1 spiro atoms. The van der Waals surface area contributed by atoms with Crippen molar-refractivity contribution in [2.45, 2.75) is 45.4 Å². The third kappa shape index (κ3) is 4.18. The maximum atomic E-state index is 5.39. The number of likely N-dealkylation sites (tertiary alicyclic amines) is 1. The van der Waals surface area contributed by atoms with Crippen LogP contribution >= 0.6 is 24.0 Å². The highest BCUT2D eigenvalue weighted by Crippen LogP contribution is 2.47. The molecule has 1 N–H and O–H groups in total. The number of furan rings is 1. The van der Waals surface area contributed by atoms with Crippen LogP contribution in [0.2, 0.25) is 0 Å². The van der Waals surface area contributed by atoms with Gasteiger partial charge in [-0.25, -0.2) is 0 Å². The number of hydrogen-bond donors (Lipinski definition) is 1. The lowest BCUT2D eigenvalue weighted by Crippen LogP contribution is -2.43. The Bertz CT molecular complexity index is 468. The zero-order valence-corrected chi connectivity index (χ0v) is 15.8. The molecule has 2 aliphatic rings. The maximum absolute atomic E-state index is 5.39. The van der Waals surface area contributed by atoms with Crippen molar-refractivity contribution in [3.05, 3.63) is 24.2 Å². The normalized spacial score (nSPS) is 19.9. The summed E-state index contributed by atoms with van der Waals surface area (Å²) in [6.45, 7) is 6.34. The number of hydrogen-bond acceptors (Lipinski definition) is 2. The summed E-state index contributed by atoms with van der Waals surface area (Å²) in [5.41, 5.74) is 0.621. The van der Waals surface area contributed by atoms with E-state index < -0.39 is 0 Å². The van der Waals surface area contributed by atoms with Crippen LogP contribution in [0.25, 0.3) is 0 Å². The van der Waals surface area contributed by atoms with Crippen LogP contribution in [0.1, 0.15) is 44.8 Å². The molecule has 124 valence electrons. The van der Waals surface area contributed by atoms with E-state index >= 15 is 0 Å². The lowest BCUT2D eigenvalue weighted by Gasteiger charge is -2.38. The molecule has 1 aliphatic heterocycles. The van der Waals surface area contributed by atoms with Crippen LogP contribution in [0.4, 0.5) is 0 Å². The van der Waals surface area contributed by atoms with Gasteiger partial charge in [-0.1, -0.05) is 13.3 Å². The van der Waals surface area contributed by atoms with Gasteiger partial charge in [0, 0.05) is 32.6 Å². The van der Waals surface area contributed by atoms with Crippen LogP contribution in [-0.2, 0) is 6.42 Å². The SMILES string of the molecule is CCCN=C(NCCc1ccco1)N1CCC2(CCC2)C1.I. The van der Waals surface area contributed by atoms with E-state index in [-0.39, 0.29) is 24.0 Å². The molecule has 2 heterocycles. The van der Waals surface area contributed by atoms with Gasteiger partial charge in [0.1, 0.15) is 5.76 Å². The smallest absolute Gasteiger partial charge is 0.193 e. The van der Waals surface area contributed by atoms with Gasteiger partial charge >= 0.3 is 0 Å². The predicted molar refractivity (Wildman–Crippen MR) is 101 cm³/mol. The van der Waals surface area contributed by atoms with Gasteiger partial charge in [-0.2, -0.15) is 0 Å². The quantitative estimate of drug-likeness (QED) is 0.452. The first-order valence-electron chi connectivity index (χ1n) is 8.37. The summed E-state index contributed by atoms with van der Waals surface area (Å²) < 4.78 is 5.39. The van der Waals surface area contributed by atoms with E-state index in [1.807, 2.05) is 12.1 Å². The standard InChI is InChI=1S/C17H27N3O.HI/c1-2-10-18-16(19-11-6-15-5-3-13-21-15)20-12-9-17(14-20)7-4-8-17;/h3,5,13H,2,4,6-12,14H2,1H3,(H,18,19);1H. The topological polar surface area (TPSA) is 40.8 Å². The minimum absolute atomic E-state index is 0. The minimum atomic E-state index is 0. The number of nitrogens with one attached hydrogen (secondary N) is 1. The van der Waals surface area contributed by atoms with Crippen molar-refractivity contribution in [3.63, 3.8) is 0 Å². The predicted octanol–water partition coefficient (Wildman–Crippen LogP) is 3.67. The molecule has 1 saturated heterocycles. The van der Waals surface area contributed by atoms with Gasteiger partial charge in [0.25, 0.3) is 0 Å². The molecule has 0 bridgehead atoms. The summed E-state index contributed by atoms with van der Waals surface area (Å²) in [5, 5.41) is 3.54. The van der Waals surface area contributed by atoms with Gasteiger partial charge in [-0.3, -0.25) is 4.99 Å². The summed E-state index contributed by atoms with van der Waals surface area (Å²) in [5.74, 6) is 2.14. The molecule has 1 aromatic rings.